The number of benzene rings is 1. The van der Waals surface area contributed by atoms with Gasteiger partial charge in [0.1, 0.15) is 0 Å². The minimum absolute atomic E-state index is 0.0410. The molecule has 4 rings (SSSR count). The predicted octanol–water partition coefficient (Wildman–Crippen LogP) is 3.91. The number of hydrogen-bond donors (Lipinski definition) is 1. The van der Waals surface area contributed by atoms with E-state index in [0.717, 1.165) is 23.5 Å². The monoisotopic (exact) mass is 403 g/mol. The van der Waals surface area contributed by atoms with Gasteiger partial charge in [-0.1, -0.05) is 12.1 Å². The molecule has 0 bridgehead atoms. The molecule has 1 aliphatic heterocycles. The molecular formula is C20H20F3N5O. The van der Waals surface area contributed by atoms with Gasteiger partial charge in [0.25, 0.3) is 0 Å². The van der Waals surface area contributed by atoms with Gasteiger partial charge in [0.05, 0.1) is 5.56 Å². The molecule has 0 aliphatic carbocycles. The van der Waals surface area contributed by atoms with Crippen molar-refractivity contribution in [2.75, 3.05) is 23.3 Å². The number of carbonyl (C=O) groups is 1. The first-order chi connectivity index (χ1) is 13.8. The van der Waals surface area contributed by atoms with Crippen LogP contribution in [-0.2, 0) is 11.0 Å². The summed E-state index contributed by atoms with van der Waals surface area (Å²) < 4.78 is 40.4. The molecule has 0 radical (unpaired) electrons. The van der Waals surface area contributed by atoms with Crippen LogP contribution in [0.25, 0.3) is 5.65 Å². The largest absolute Gasteiger partial charge is 0.417 e. The van der Waals surface area contributed by atoms with Crippen LogP contribution in [0.4, 0.5) is 24.8 Å². The number of aryl methyl sites for hydroxylation is 1. The first-order valence-corrected chi connectivity index (χ1v) is 9.36. The first kappa shape index (κ1) is 19.2. The van der Waals surface area contributed by atoms with Crippen LogP contribution < -0.4 is 10.2 Å². The van der Waals surface area contributed by atoms with Gasteiger partial charge in [0.2, 0.25) is 11.9 Å². The van der Waals surface area contributed by atoms with Crippen LogP contribution in [-0.4, -0.2) is 33.6 Å². The van der Waals surface area contributed by atoms with Crippen LogP contribution in [0.3, 0.4) is 0 Å². The number of nitrogens with one attached hydrogen (secondary N) is 1. The molecule has 3 heterocycles. The molecule has 9 heteroatoms. The molecule has 6 nitrogen and oxygen atoms in total. The number of carbonyl (C=O) groups excluding carboxylic acids is 1. The SMILES string of the molecule is Cc1cccc(NC(=O)C2CCN(c3nnc4ccc(C(F)(F)F)cn34)CC2)c1. The number of nitrogens with zero attached hydrogens (tertiary/aromatic N) is 4. The Balaban J connectivity index is 1.45. The van der Waals surface area contributed by atoms with E-state index in [9.17, 15) is 18.0 Å². The zero-order valence-corrected chi connectivity index (χ0v) is 15.8. The first-order valence-electron chi connectivity index (χ1n) is 9.36. The highest BCUT2D eigenvalue weighted by Crippen LogP contribution is 2.30. The molecule has 0 saturated carbocycles. The highest BCUT2D eigenvalue weighted by molar-refractivity contribution is 5.92. The molecule has 1 amide bonds. The maximum atomic E-state index is 13.0. The molecule has 0 unspecified atom stereocenters. The second-order valence-electron chi connectivity index (χ2n) is 7.26. The number of amides is 1. The molecule has 1 fully saturated rings. The lowest BCUT2D eigenvalue weighted by Crippen LogP contribution is -2.39. The number of alkyl halides is 3. The summed E-state index contributed by atoms with van der Waals surface area (Å²) in [4.78, 5) is 14.4. The Morgan fingerprint density at radius 2 is 1.90 bits per heavy atom. The highest BCUT2D eigenvalue weighted by Gasteiger charge is 2.32. The number of anilines is 2. The third kappa shape index (κ3) is 4.03. The van der Waals surface area contributed by atoms with Crippen molar-refractivity contribution in [1.82, 2.24) is 14.6 Å². The Hall–Kier alpha value is -3.10. The average molecular weight is 403 g/mol. The molecule has 152 valence electrons. The van der Waals surface area contributed by atoms with Crippen LogP contribution in [0, 0.1) is 12.8 Å². The van der Waals surface area contributed by atoms with E-state index in [1.165, 1.54) is 10.5 Å². The van der Waals surface area contributed by atoms with E-state index < -0.39 is 11.7 Å². The topological polar surface area (TPSA) is 62.5 Å². The molecule has 0 atom stereocenters. The van der Waals surface area contributed by atoms with E-state index in [1.807, 2.05) is 36.1 Å². The lowest BCUT2D eigenvalue weighted by Gasteiger charge is -2.31. The van der Waals surface area contributed by atoms with Gasteiger partial charge in [-0.15, -0.1) is 10.2 Å². The number of fused-ring (bicyclic) bond motifs is 1. The van der Waals surface area contributed by atoms with E-state index in [4.69, 9.17) is 0 Å². The zero-order valence-electron chi connectivity index (χ0n) is 15.8. The van der Waals surface area contributed by atoms with Crippen molar-refractivity contribution in [3.8, 4) is 0 Å². The lowest BCUT2D eigenvalue weighted by molar-refractivity contribution is -0.137. The molecular weight excluding hydrogens is 383 g/mol. The Morgan fingerprint density at radius 3 is 2.59 bits per heavy atom. The Labute approximate surface area is 165 Å². The normalized spacial score (nSPS) is 15.7. The molecule has 0 spiro atoms. The summed E-state index contributed by atoms with van der Waals surface area (Å²) >= 11 is 0. The summed E-state index contributed by atoms with van der Waals surface area (Å²) in [5.74, 6) is 0.168. The minimum Gasteiger partial charge on any atom is -0.341 e. The summed E-state index contributed by atoms with van der Waals surface area (Å²) in [6, 6.07) is 9.91. The predicted molar refractivity (Wildman–Crippen MR) is 103 cm³/mol. The van der Waals surface area contributed by atoms with Crippen LogP contribution >= 0.6 is 0 Å². The average Bonchev–Trinajstić information content (AvgIpc) is 3.11. The molecule has 1 N–H and O–H groups in total. The minimum atomic E-state index is -4.43. The molecule has 1 saturated heterocycles. The number of halogens is 3. The third-order valence-corrected chi connectivity index (χ3v) is 5.15. The smallest absolute Gasteiger partial charge is 0.341 e. The Kier molecular flexibility index (Phi) is 4.89. The standard InChI is InChI=1S/C20H20F3N5O/c1-13-3-2-4-16(11-13)24-18(29)14-7-9-27(10-8-14)19-26-25-17-6-5-15(12-28(17)19)20(21,22)23/h2-6,11-12,14H,7-10H2,1H3,(H,24,29). The van der Waals surface area contributed by atoms with E-state index in [2.05, 4.69) is 15.5 Å². The summed E-state index contributed by atoms with van der Waals surface area (Å²) in [6.07, 6.45) is -2.24. The molecule has 2 aromatic heterocycles. The van der Waals surface area contributed by atoms with Crippen molar-refractivity contribution < 1.29 is 18.0 Å². The van der Waals surface area contributed by atoms with Gasteiger partial charge in [0, 0.05) is 30.9 Å². The zero-order chi connectivity index (χ0) is 20.6. The highest BCUT2D eigenvalue weighted by atomic mass is 19.4. The van der Waals surface area contributed by atoms with Crippen molar-refractivity contribution in [1.29, 1.82) is 0 Å². The number of aromatic nitrogens is 3. The van der Waals surface area contributed by atoms with E-state index in [0.29, 0.717) is 37.5 Å². The van der Waals surface area contributed by atoms with E-state index >= 15 is 0 Å². The summed E-state index contributed by atoms with van der Waals surface area (Å²) in [6.45, 7) is 2.99. The number of piperidine rings is 1. The van der Waals surface area contributed by atoms with Crippen molar-refractivity contribution in [3.05, 3.63) is 53.7 Å². The van der Waals surface area contributed by atoms with Gasteiger partial charge >= 0.3 is 6.18 Å². The van der Waals surface area contributed by atoms with Gasteiger partial charge in [-0.25, -0.2) is 0 Å². The quantitative estimate of drug-likeness (QED) is 0.720. The fourth-order valence-corrected chi connectivity index (χ4v) is 3.57. The van der Waals surface area contributed by atoms with Crippen LogP contribution in [0.5, 0.6) is 0 Å². The number of pyridine rings is 1. The molecule has 1 aliphatic rings. The van der Waals surface area contributed by atoms with E-state index in [1.54, 1.807) is 0 Å². The molecule has 29 heavy (non-hydrogen) atoms. The van der Waals surface area contributed by atoms with Crippen molar-refractivity contribution in [2.24, 2.45) is 5.92 Å². The van der Waals surface area contributed by atoms with E-state index in [-0.39, 0.29) is 11.8 Å². The summed E-state index contributed by atoms with van der Waals surface area (Å²) in [5, 5.41) is 11.0. The summed E-state index contributed by atoms with van der Waals surface area (Å²) in [5.41, 5.74) is 1.43. The Bertz CT molecular complexity index is 1040. The van der Waals surface area contributed by atoms with Crippen molar-refractivity contribution in [2.45, 2.75) is 25.9 Å². The van der Waals surface area contributed by atoms with Crippen molar-refractivity contribution >= 4 is 23.2 Å². The fraction of sp³-hybridized carbons (Fsp3) is 0.350. The van der Waals surface area contributed by atoms with Crippen molar-refractivity contribution in [3.63, 3.8) is 0 Å². The van der Waals surface area contributed by atoms with Gasteiger partial charge in [-0.3, -0.25) is 9.20 Å². The van der Waals surface area contributed by atoms with Gasteiger partial charge in [-0.05, 0) is 49.6 Å². The molecule has 1 aromatic carbocycles. The van der Waals surface area contributed by atoms with Crippen LogP contribution in [0.1, 0.15) is 24.0 Å². The Morgan fingerprint density at radius 1 is 1.14 bits per heavy atom. The summed E-state index contributed by atoms with van der Waals surface area (Å²) in [7, 11) is 0. The second kappa shape index (κ2) is 7.38. The fourth-order valence-electron chi connectivity index (χ4n) is 3.57. The second-order valence-corrected chi connectivity index (χ2v) is 7.26. The number of hydrogen-bond acceptors (Lipinski definition) is 4. The van der Waals surface area contributed by atoms with Gasteiger partial charge < -0.3 is 10.2 Å². The van der Waals surface area contributed by atoms with Crippen LogP contribution in [0.2, 0.25) is 0 Å². The molecule has 3 aromatic rings. The third-order valence-electron chi connectivity index (χ3n) is 5.15. The number of rotatable bonds is 3. The maximum absolute atomic E-state index is 13.0. The van der Waals surface area contributed by atoms with Gasteiger partial charge in [-0.2, -0.15) is 13.2 Å². The van der Waals surface area contributed by atoms with Gasteiger partial charge in [0.15, 0.2) is 5.65 Å². The lowest BCUT2D eigenvalue weighted by atomic mass is 9.96. The van der Waals surface area contributed by atoms with Crippen LogP contribution in [0.15, 0.2) is 42.6 Å². The maximum Gasteiger partial charge on any atom is 0.417 e.